The van der Waals surface area contributed by atoms with Crippen molar-refractivity contribution < 1.29 is 27.5 Å². The van der Waals surface area contributed by atoms with E-state index < -0.39 is 15.6 Å². The summed E-state index contributed by atoms with van der Waals surface area (Å²) in [5.74, 6) is 0.123. The number of ether oxygens (including phenoxy) is 2. The lowest BCUT2D eigenvalue weighted by Crippen LogP contribution is -2.54. The molecule has 10 nitrogen and oxygen atoms in total. The second-order valence-corrected chi connectivity index (χ2v) is 10.6. The number of carbonyl (C=O) groups is 2. The van der Waals surface area contributed by atoms with Gasteiger partial charge in [-0.05, 0) is 31.4 Å². The van der Waals surface area contributed by atoms with Crippen LogP contribution in [0.2, 0.25) is 0 Å². The summed E-state index contributed by atoms with van der Waals surface area (Å²) in [4.78, 5) is 25.7. The molecule has 0 aromatic heterocycles. The SMILES string of the molecule is O=C1NCCNC(=O)C2(C/C=C/COc3ccccc31)CCN(S(=O)(=O)N1CCOCC1)CC2. The smallest absolute Gasteiger partial charge is 0.282 e. The Morgan fingerprint density at radius 2 is 1.56 bits per heavy atom. The minimum absolute atomic E-state index is 0.117. The first-order chi connectivity index (χ1) is 16.4. The largest absolute Gasteiger partial charge is 0.489 e. The van der Waals surface area contributed by atoms with Crippen molar-refractivity contribution in [3.05, 3.63) is 42.0 Å². The van der Waals surface area contributed by atoms with Gasteiger partial charge in [0.1, 0.15) is 12.4 Å². The molecule has 3 aliphatic heterocycles. The van der Waals surface area contributed by atoms with Gasteiger partial charge in [-0.25, -0.2) is 0 Å². The number of fused-ring (bicyclic) bond motifs is 1. The van der Waals surface area contributed by atoms with Crippen molar-refractivity contribution in [3.63, 3.8) is 0 Å². The van der Waals surface area contributed by atoms with E-state index in [2.05, 4.69) is 10.6 Å². The maximum absolute atomic E-state index is 13.2. The number of rotatable bonds is 2. The number of para-hydroxylation sites is 1. The van der Waals surface area contributed by atoms with Gasteiger partial charge in [0.05, 0.1) is 24.2 Å². The van der Waals surface area contributed by atoms with Gasteiger partial charge in [0, 0.05) is 39.3 Å². The quantitative estimate of drug-likeness (QED) is 0.582. The number of benzene rings is 1. The summed E-state index contributed by atoms with van der Waals surface area (Å²) >= 11 is 0. The van der Waals surface area contributed by atoms with Crippen molar-refractivity contribution in [2.45, 2.75) is 19.3 Å². The molecule has 2 fully saturated rings. The second kappa shape index (κ2) is 10.9. The Morgan fingerprint density at radius 1 is 0.882 bits per heavy atom. The fraction of sp³-hybridized carbons (Fsp3) is 0.565. The molecule has 0 radical (unpaired) electrons. The highest BCUT2D eigenvalue weighted by Crippen LogP contribution is 2.37. The molecule has 2 saturated heterocycles. The molecule has 2 N–H and O–H groups in total. The van der Waals surface area contributed by atoms with E-state index in [0.29, 0.717) is 56.9 Å². The minimum Gasteiger partial charge on any atom is -0.489 e. The van der Waals surface area contributed by atoms with Gasteiger partial charge in [-0.15, -0.1) is 0 Å². The van der Waals surface area contributed by atoms with Crippen LogP contribution in [0.1, 0.15) is 29.6 Å². The standard InChI is InChI=1S/C23H32N4O6S/c28-21-19-5-1-2-6-20(19)33-16-4-3-7-23(22(29)25-11-10-24-21)8-12-26(13-9-23)34(30,31)27-14-17-32-18-15-27/h1-6H,7-18H2,(H,24,28)(H,25,29)/b4-3+. The molecule has 0 saturated carbocycles. The van der Waals surface area contributed by atoms with Crippen LogP contribution in [0.15, 0.2) is 36.4 Å². The molecule has 0 aliphatic carbocycles. The van der Waals surface area contributed by atoms with Crippen LogP contribution in [-0.4, -0.2) is 87.9 Å². The van der Waals surface area contributed by atoms with Crippen molar-refractivity contribution >= 4 is 22.0 Å². The lowest BCUT2D eigenvalue weighted by atomic mass is 9.75. The van der Waals surface area contributed by atoms with Crippen LogP contribution < -0.4 is 15.4 Å². The number of nitrogens with one attached hydrogen (secondary N) is 2. The van der Waals surface area contributed by atoms with Crippen LogP contribution in [0.3, 0.4) is 0 Å². The molecule has 1 aromatic rings. The van der Waals surface area contributed by atoms with Gasteiger partial charge in [0.25, 0.3) is 16.1 Å². The fourth-order valence-electron chi connectivity index (χ4n) is 4.54. The number of amides is 2. The zero-order valence-electron chi connectivity index (χ0n) is 19.2. The van der Waals surface area contributed by atoms with Crippen LogP contribution >= 0.6 is 0 Å². The Bertz CT molecular complexity index is 1010. The highest BCUT2D eigenvalue weighted by Gasteiger charge is 2.44. The average molecular weight is 493 g/mol. The number of hydrogen-bond donors (Lipinski definition) is 2. The highest BCUT2D eigenvalue weighted by molar-refractivity contribution is 7.86. The molecule has 186 valence electrons. The zero-order valence-corrected chi connectivity index (χ0v) is 20.0. The van der Waals surface area contributed by atoms with Gasteiger partial charge in [-0.2, -0.15) is 17.0 Å². The first-order valence-electron chi connectivity index (χ1n) is 11.7. The Labute approximate surface area is 200 Å². The maximum atomic E-state index is 13.2. The van der Waals surface area contributed by atoms with Gasteiger partial charge < -0.3 is 20.1 Å². The molecule has 3 aliphatic rings. The number of carbonyl (C=O) groups excluding carboxylic acids is 2. The van der Waals surface area contributed by atoms with Gasteiger partial charge in [-0.3, -0.25) is 9.59 Å². The monoisotopic (exact) mass is 492 g/mol. The average Bonchev–Trinajstić information content (AvgIpc) is 2.86. The molecule has 0 atom stereocenters. The summed E-state index contributed by atoms with van der Waals surface area (Å²) in [6.07, 6.45) is 5.08. The van der Waals surface area contributed by atoms with Crippen LogP contribution in [0.5, 0.6) is 5.75 Å². The van der Waals surface area contributed by atoms with Gasteiger partial charge in [0.15, 0.2) is 0 Å². The van der Waals surface area contributed by atoms with Crippen molar-refractivity contribution in [1.82, 2.24) is 19.2 Å². The molecule has 34 heavy (non-hydrogen) atoms. The van der Waals surface area contributed by atoms with E-state index in [-0.39, 0.29) is 44.6 Å². The van der Waals surface area contributed by atoms with Crippen molar-refractivity contribution in [3.8, 4) is 5.75 Å². The second-order valence-electron chi connectivity index (χ2n) is 8.69. The maximum Gasteiger partial charge on any atom is 0.282 e. The van der Waals surface area contributed by atoms with Gasteiger partial charge in [0.2, 0.25) is 5.91 Å². The van der Waals surface area contributed by atoms with Crippen LogP contribution in [0, 0.1) is 5.41 Å². The van der Waals surface area contributed by atoms with Gasteiger partial charge >= 0.3 is 0 Å². The predicted octanol–water partition coefficient (Wildman–Crippen LogP) is 0.531. The number of hydrogen-bond acceptors (Lipinski definition) is 6. The Morgan fingerprint density at radius 3 is 2.32 bits per heavy atom. The Kier molecular flexibility index (Phi) is 7.87. The van der Waals surface area contributed by atoms with Crippen molar-refractivity contribution in [2.75, 3.05) is 59.1 Å². The lowest BCUT2D eigenvalue weighted by molar-refractivity contribution is -0.133. The van der Waals surface area contributed by atoms with Crippen LogP contribution in [-0.2, 0) is 19.7 Å². The van der Waals surface area contributed by atoms with E-state index in [0.717, 1.165) is 0 Å². The van der Waals surface area contributed by atoms with E-state index in [9.17, 15) is 18.0 Å². The van der Waals surface area contributed by atoms with Crippen molar-refractivity contribution in [2.24, 2.45) is 5.41 Å². The molecule has 0 bridgehead atoms. The number of nitrogens with zero attached hydrogens (tertiary/aromatic N) is 2. The molecule has 4 rings (SSSR count). The highest BCUT2D eigenvalue weighted by atomic mass is 32.2. The van der Waals surface area contributed by atoms with E-state index in [1.165, 1.54) is 8.61 Å². The van der Waals surface area contributed by atoms with Crippen molar-refractivity contribution in [1.29, 1.82) is 0 Å². The third-order valence-corrected chi connectivity index (χ3v) is 8.66. The molecule has 0 unspecified atom stereocenters. The molecule has 1 spiro atoms. The predicted molar refractivity (Wildman–Crippen MR) is 126 cm³/mol. The molecule has 2 amide bonds. The van der Waals surface area contributed by atoms with E-state index in [4.69, 9.17) is 9.47 Å². The summed E-state index contributed by atoms with van der Waals surface area (Å²) in [5.41, 5.74) is -0.260. The Hall–Kier alpha value is -2.47. The van der Waals surface area contributed by atoms with Crippen LogP contribution in [0.4, 0.5) is 0 Å². The molecule has 1 aromatic carbocycles. The van der Waals surface area contributed by atoms with Gasteiger partial charge in [-0.1, -0.05) is 24.3 Å². The summed E-state index contributed by atoms with van der Waals surface area (Å²) < 4.78 is 40.0. The van der Waals surface area contributed by atoms with E-state index in [1.54, 1.807) is 18.2 Å². The molecule has 11 heteroatoms. The van der Waals surface area contributed by atoms with Crippen LogP contribution in [0.25, 0.3) is 0 Å². The summed E-state index contributed by atoms with van der Waals surface area (Å²) in [7, 11) is -3.57. The third kappa shape index (κ3) is 5.43. The summed E-state index contributed by atoms with van der Waals surface area (Å²) in [6, 6.07) is 7.04. The number of morpholine rings is 1. The molecular weight excluding hydrogens is 460 g/mol. The first kappa shape index (κ1) is 24.6. The number of allylic oxidation sites excluding steroid dienone is 1. The normalized spacial score (nSPS) is 24.2. The first-order valence-corrected chi connectivity index (χ1v) is 13.1. The van der Waals surface area contributed by atoms with E-state index >= 15 is 0 Å². The minimum atomic E-state index is -3.57. The summed E-state index contributed by atoms with van der Waals surface area (Å²) in [6.45, 7) is 2.88. The topological polar surface area (TPSA) is 117 Å². The number of piperidine rings is 1. The fourth-order valence-corrected chi connectivity index (χ4v) is 6.12. The molecule has 3 heterocycles. The summed E-state index contributed by atoms with van der Waals surface area (Å²) in [5, 5.41) is 5.76. The lowest BCUT2D eigenvalue weighted by Gasteiger charge is -2.41. The third-order valence-electron chi connectivity index (χ3n) is 6.62. The molecular formula is C23H32N4O6S. The zero-order chi connectivity index (χ0) is 24.0. The van der Waals surface area contributed by atoms with E-state index in [1.807, 2.05) is 18.2 Å². The Balaban J connectivity index is 1.45.